The summed E-state index contributed by atoms with van der Waals surface area (Å²) >= 11 is 0. The fourth-order valence-corrected chi connectivity index (χ4v) is 2.34. The van der Waals surface area contributed by atoms with Crippen LogP contribution in [0.15, 0.2) is 24.3 Å². The van der Waals surface area contributed by atoms with Gasteiger partial charge in [0, 0.05) is 18.8 Å². The van der Waals surface area contributed by atoms with Crippen LogP contribution in [0.25, 0.3) is 0 Å². The van der Waals surface area contributed by atoms with Gasteiger partial charge in [-0.15, -0.1) is 0 Å². The second-order valence-corrected chi connectivity index (χ2v) is 4.53. The summed E-state index contributed by atoms with van der Waals surface area (Å²) in [5.74, 6) is 0.159. The third-order valence-corrected chi connectivity index (χ3v) is 3.30. The molecule has 1 aliphatic heterocycles. The van der Waals surface area contributed by atoms with Gasteiger partial charge in [-0.2, -0.15) is 0 Å². The Morgan fingerprint density at radius 3 is 2.72 bits per heavy atom. The van der Waals surface area contributed by atoms with Crippen LogP contribution in [-0.2, 0) is 11.2 Å². The standard InChI is InChI=1S/C14H20N2O2/c1-2-15-13-7-9-16(14(13)18)12-5-3-11(4-6-12)8-10-17/h3-6,13,15,17H,2,7-10H2,1H3. The van der Waals surface area contributed by atoms with Crippen molar-refractivity contribution < 1.29 is 9.90 Å². The lowest BCUT2D eigenvalue weighted by molar-refractivity contribution is -0.118. The molecule has 0 aliphatic carbocycles. The number of nitrogens with zero attached hydrogens (tertiary/aromatic N) is 1. The summed E-state index contributed by atoms with van der Waals surface area (Å²) in [5.41, 5.74) is 2.04. The summed E-state index contributed by atoms with van der Waals surface area (Å²) in [6.07, 6.45) is 1.53. The molecule has 1 aliphatic rings. The molecule has 1 saturated heterocycles. The third kappa shape index (κ3) is 2.71. The molecule has 1 heterocycles. The molecule has 1 fully saturated rings. The Morgan fingerprint density at radius 1 is 1.39 bits per heavy atom. The zero-order valence-electron chi connectivity index (χ0n) is 10.7. The van der Waals surface area contributed by atoms with E-state index in [4.69, 9.17) is 5.11 Å². The van der Waals surface area contributed by atoms with E-state index in [2.05, 4.69) is 5.32 Å². The van der Waals surface area contributed by atoms with Gasteiger partial charge < -0.3 is 15.3 Å². The van der Waals surface area contributed by atoms with E-state index < -0.39 is 0 Å². The van der Waals surface area contributed by atoms with Gasteiger partial charge in [0.05, 0.1) is 6.04 Å². The van der Waals surface area contributed by atoms with Crippen LogP contribution in [0, 0.1) is 0 Å². The minimum absolute atomic E-state index is 0.0351. The van der Waals surface area contributed by atoms with Gasteiger partial charge in [-0.3, -0.25) is 4.79 Å². The SMILES string of the molecule is CCNC1CCN(c2ccc(CCO)cc2)C1=O. The molecule has 98 valence electrons. The number of carbonyl (C=O) groups excluding carboxylic acids is 1. The molecule has 2 N–H and O–H groups in total. The summed E-state index contributed by atoms with van der Waals surface area (Å²) in [5, 5.41) is 12.1. The Hall–Kier alpha value is -1.39. The Bertz CT molecular complexity index is 403. The molecule has 0 spiro atoms. The van der Waals surface area contributed by atoms with Crippen molar-refractivity contribution in [1.82, 2.24) is 5.32 Å². The summed E-state index contributed by atoms with van der Waals surface area (Å²) < 4.78 is 0. The summed E-state index contributed by atoms with van der Waals surface area (Å²) in [6, 6.07) is 7.82. The van der Waals surface area contributed by atoms with Crippen molar-refractivity contribution in [1.29, 1.82) is 0 Å². The van der Waals surface area contributed by atoms with E-state index in [1.54, 1.807) is 0 Å². The molecule has 4 nitrogen and oxygen atoms in total. The minimum Gasteiger partial charge on any atom is -0.396 e. The van der Waals surface area contributed by atoms with Crippen LogP contribution in [0.5, 0.6) is 0 Å². The summed E-state index contributed by atoms with van der Waals surface area (Å²) in [6.45, 7) is 3.76. The number of aliphatic hydroxyl groups excluding tert-OH is 1. The average Bonchev–Trinajstić information content (AvgIpc) is 2.73. The Balaban J connectivity index is 2.06. The van der Waals surface area contributed by atoms with Crippen LogP contribution in [0.4, 0.5) is 5.69 Å². The maximum Gasteiger partial charge on any atom is 0.244 e. The molecule has 0 saturated carbocycles. The quantitative estimate of drug-likeness (QED) is 0.815. The van der Waals surface area contributed by atoms with E-state index in [0.29, 0.717) is 6.42 Å². The maximum absolute atomic E-state index is 12.1. The molecule has 2 rings (SSSR count). The lowest BCUT2D eigenvalue weighted by Crippen LogP contribution is -2.38. The maximum atomic E-state index is 12.1. The molecule has 0 bridgehead atoms. The highest BCUT2D eigenvalue weighted by Crippen LogP contribution is 2.22. The van der Waals surface area contributed by atoms with Crippen molar-refractivity contribution in [3.05, 3.63) is 29.8 Å². The Labute approximate surface area is 108 Å². The number of nitrogens with one attached hydrogen (secondary N) is 1. The van der Waals surface area contributed by atoms with Crippen molar-refractivity contribution in [2.45, 2.75) is 25.8 Å². The molecule has 0 radical (unpaired) electrons. The van der Waals surface area contributed by atoms with Crippen molar-refractivity contribution >= 4 is 11.6 Å². The van der Waals surface area contributed by atoms with Gasteiger partial charge in [0.15, 0.2) is 0 Å². The van der Waals surface area contributed by atoms with Crippen molar-refractivity contribution in [2.75, 3.05) is 24.6 Å². The second-order valence-electron chi connectivity index (χ2n) is 4.53. The number of benzene rings is 1. The molecular formula is C14H20N2O2. The number of rotatable bonds is 5. The number of hydrogen-bond donors (Lipinski definition) is 2. The van der Waals surface area contributed by atoms with E-state index in [9.17, 15) is 4.79 Å². The lowest BCUT2D eigenvalue weighted by atomic mass is 10.1. The molecule has 1 atom stereocenters. The summed E-state index contributed by atoms with van der Waals surface area (Å²) in [7, 11) is 0. The first-order chi connectivity index (χ1) is 8.76. The molecule has 1 unspecified atom stereocenters. The normalized spacial score (nSPS) is 19.6. The number of anilines is 1. The van der Waals surface area contributed by atoms with Crippen molar-refractivity contribution in [2.24, 2.45) is 0 Å². The van der Waals surface area contributed by atoms with Crippen LogP contribution >= 0.6 is 0 Å². The summed E-state index contributed by atoms with van der Waals surface area (Å²) in [4.78, 5) is 14.0. The Morgan fingerprint density at radius 2 is 2.11 bits per heavy atom. The minimum atomic E-state index is -0.0351. The Kier molecular flexibility index (Phi) is 4.33. The van der Waals surface area contributed by atoms with Crippen LogP contribution in [0.1, 0.15) is 18.9 Å². The number of amides is 1. The van der Waals surface area contributed by atoms with Crippen LogP contribution < -0.4 is 10.2 Å². The van der Waals surface area contributed by atoms with E-state index in [1.807, 2.05) is 36.1 Å². The third-order valence-electron chi connectivity index (χ3n) is 3.30. The van der Waals surface area contributed by atoms with Gasteiger partial charge in [0.25, 0.3) is 0 Å². The van der Waals surface area contributed by atoms with Crippen LogP contribution in [-0.4, -0.2) is 36.8 Å². The predicted molar refractivity (Wildman–Crippen MR) is 71.7 cm³/mol. The van der Waals surface area contributed by atoms with Gasteiger partial charge >= 0.3 is 0 Å². The van der Waals surface area contributed by atoms with Gasteiger partial charge in [0.2, 0.25) is 5.91 Å². The first-order valence-electron chi connectivity index (χ1n) is 6.50. The predicted octanol–water partition coefficient (Wildman–Crippen LogP) is 0.936. The smallest absolute Gasteiger partial charge is 0.244 e. The zero-order chi connectivity index (χ0) is 13.0. The van der Waals surface area contributed by atoms with Gasteiger partial charge in [0.1, 0.15) is 0 Å². The van der Waals surface area contributed by atoms with Crippen LogP contribution in [0.3, 0.4) is 0 Å². The second kappa shape index (κ2) is 5.98. The molecule has 0 aromatic heterocycles. The van der Waals surface area contributed by atoms with Crippen molar-refractivity contribution in [3.63, 3.8) is 0 Å². The molecule has 4 heteroatoms. The van der Waals surface area contributed by atoms with Crippen LogP contribution in [0.2, 0.25) is 0 Å². The molecule has 1 amide bonds. The number of likely N-dealkylation sites (N-methyl/N-ethyl adjacent to an activating group) is 1. The number of carbonyl (C=O) groups is 1. The van der Waals surface area contributed by atoms with E-state index in [1.165, 1.54) is 0 Å². The van der Waals surface area contributed by atoms with Gasteiger partial charge in [-0.25, -0.2) is 0 Å². The van der Waals surface area contributed by atoms with Crippen molar-refractivity contribution in [3.8, 4) is 0 Å². The van der Waals surface area contributed by atoms with Gasteiger partial charge in [-0.1, -0.05) is 19.1 Å². The molecular weight excluding hydrogens is 228 g/mol. The highest BCUT2D eigenvalue weighted by atomic mass is 16.3. The van der Waals surface area contributed by atoms with Gasteiger partial charge in [-0.05, 0) is 37.1 Å². The topological polar surface area (TPSA) is 52.6 Å². The largest absolute Gasteiger partial charge is 0.396 e. The van der Waals surface area contributed by atoms with E-state index >= 15 is 0 Å². The molecule has 1 aromatic rings. The first-order valence-corrected chi connectivity index (χ1v) is 6.50. The fraction of sp³-hybridized carbons (Fsp3) is 0.500. The van der Waals surface area contributed by atoms with E-state index in [0.717, 1.165) is 30.8 Å². The first kappa shape index (κ1) is 13.1. The number of hydrogen-bond acceptors (Lipinski definition) is 3. The highest BCUT2D eigenvalue weighted by Gasteiger charge is 2.31. The zero-order valence-corrected chi connectivity index (χ0v) is 10.7. The highest BCUT2D eigenvalue weighted by molar-refractivity contribution is 5.99. The molecule has 1 aromatic carbocycles. The lowest BCUT2D eigenvalue weighted by Gasteiger charge is -2.17. The average molecular weight is 248 g/mol. The fourth-order valence-electron chi connectivity index (χ4n) is 2.34. The monoisotopic (exact) mass is 248 g/mol. The molecule has 18 heavy (non-hydrogen) atoms. The van der Waals surface area contributed by atoms with E-state index in [-0.39, 0.29) is 18.6 Å². The number of aliphatic hydroxyl groups is 1.